The first-order valence-electron chi connectivity index (χ1n) is 13.6. The van der Waals surface area contributed by atoms with Crippen molar-refractivity contribution >= 4 is 29.0 Å². The summed E-state index contributed by atoms with van der Waals surface area (Å²) in [5, 5.41) is 23.6. The molecule has 0 radical (unpaired) electrons. The molecule has 0 spiro atoms. The summed E-state index contributed by atoms with van der Waals surface area (Å²) in [5.41, 5.74) is 6.90. The molecule has 38 heavy (non-hydrogen) atoms. The number of likely N-dealkylation sites (tertiary alicyclic amines) is 1. The van der Waals surface area contributed by atoms with Crippen LogP contribution in [-0.4, -0.2) is 90.7 Å². The van der Waals surface area contributed by atoms with Gasteiger partial charge < -0.3 is 35.6 Å². The molecule has 13 nitrogen and oxygen atoms in total. The molecule has 2 saturated heterocycles. The lowest BCUT2D eigenvalue weighted by Gasteiger charge is -2.34. The van der Waals surface area contributed by atoms with Gasteiger partial charge in [0.2, 0.25) is 0 Å². The minimum Gasteiger partial charge on any atom is -0.446 e. The smallest absolute Gasteiger partial charge is 0.410 e. The molecular formula is C25H37N7O6. The van der Waals surface area contributed by atoms with Crippen LogP contribution in [0, 0.1) is 5.92 Å². The van der Waals surface area contributed by atoms with E-state index in [1.54, 1.807) is 6.92 Å². The zero-order valence-corrected chi connectivity index (χ0v) is 21.7. The molecular weight excluding hydrogens is 494 g/mol. The number of amides is 2. The van der Waals surface area contributed by atoms with E-state index in [-0.39, 0.29) is 18.0 Å². The first-order valence-corrected chi connectivity index (χ1v) is 13.6. The first-order chi connectivity index (χ1) is 18.4. The van der Waals surface area contributed by atoms with Crippen LogP contribution in [-0.2, 0) is 20.7 Å². The van der Waals surface area contributed by atoms with Crippen molar-refractivity contribution in [2.45, 2.75) is 88.9 Å². The number of likely N-dealkylation sites (N-methyl/N-ethyl adjacent to an activating group) is 1. The highest BCUT2D eigenvalue weighted by atomic mass is 16.6. The van der Waals surface area contributed by atoms with E-state index in [4.69, 9.17) is 15.2 Å². The number of piperidine rings is 1. The number of imidazole rings is 1. The molecule has 0 aromatic carbocycles. The summed E-state index contributed by atoms with van der Waals surface area (Å²) in [6.45, 7) is 3.57. The largest absolute Gasteiger partial charge is 0.446 e. The first kappa shape index (κ1) is 26.6. The fourth-order valence-corrected chi connectivity index (χ4v) is 5.32. The molecule has 4 heterocycles. The number of nitrogens with one attached hydrogen (secondary N) is 1. The minimum absolute atomic E-state index is 0.108. The van der Waals surface area contributed by atoms with Crippen molar-refractivity contribution < 1.29 is 29.3 Å². The van der Waals surface area contributed by atoms with Crippen molar-refractivity contribution in [3.63, 3.8) is 0 Å². The molecule has 5 N–H and O–H groups in total. The second-order valence-corrected chi connectivity index (χ2v) is 10.4. The third-order valence-corrected chi connectivity index (χ3v) is 7.82. The lowest BCUT2D eigenvalue weighted by atomic mass is 9.91. The number of fused-ring (bicyclic) bond motifs is 1. The Morgan fingerprint density at radius 1 is 1.18 bits per heavy atom. The summed E-state index contributed by atoms with van der Waals surface area (Å²) in [4.78, 5) is 39.6. The zero-order valence-electron chi connectivity index (χ0n) is 21.7. The van der Waals surface area contributed by atoms with Gasteiger partial charge >= 0.3 is 6.09 Å². The van der Waals surface area contributed by atoms with Crippen molar-refractivity contribution in [3.8, 4) is 0 Å². The van der Waals surface area contributed by atoms with Crippen LogP contribution in [0.5, 0.6) is 0 Å². The monoisotopic (exact) mass is 531 g/mol. The van der Waals surface area contributed by atoms with Crippen LogP contribution >= 0.6 is 0 Å². The molecule has 5 rings (SSSR count). The minimum atomic E-state index is -1.39. The van der Waals surface area contributed by atoms with Crippen LogP contribution in [0.2, 0.25) is 0 Å². The summed E-state index contributed by atoms with van der Waals surface area (Å²) >= 11 is 0. The normalized spacial score (nSPS) is 26.4. The topological polar surface area (TPSA) is 178 Å². The molecule has 2 aliphatic heterocycles. The number of ether oxygens (including phenoxy) is 2. The van der Waals surface area contributed by atoms with E-state index < -0.39 is 30.4 Å². The maximum absolute atomic E-state index is 12.3. The summed E-state index contributed by atoms with van der Waals surface area (Å²) in [5.74, 6) is 0.785. The van der Waals surface area contributed by atoms with Crippen molar-refractivity contribution in [1.29, 1.82) is 0 Å². The Hall–Kier alpha value is -3.03. The number of nitrogens with two attached hydrogens (primary N) is 1. The van der Waals surface area contributed by atoms with Gasteiger partial charge in [0.15, 0.2) is 23.8 Å². The van der Waals surface area contributed by atoms with Gasteiger partial charge in [-0.15, -0.1) is 0 Å². The summed E-state index contributed by atoms with van der Waals surface area (Å²) in [6.07, 6.45) is 3.78. The molecule has 0 bridgehead atoms. The van der Waals surface area contributed by atoms with E-state index in [9.17, 15) is 19.8 Å². The Kier molecular flexibility index (Phi) is 7.96. The van der Waals surface area contributed by atoms with E-state index in [1.807, 2.05) is 4.90 Å². The van der Waals surface area contributed by atoms with Crippen LogP contribution in [0.3, 0.4) is 0 Å². The molecule has 2 aromatic heterocycles. The van der Waals surface area contributed by atoms with E-state index in [2.05, 4.69) is 20.3 Å². The SMILES string of the molecule is CCNC(=O)[C@H]1O[C@@H](n2cnc3c(N)nc(CCCC4CCN(C(=O)OC5CCC5)CC4)nc32)[C@@H](O)C1O. The zero-order chi connectivity index (χ0) is 26.8. The molecule has 1 unspecified atom stereocenters. The summed E-state index contributed by atoms with van der Waals surface area (Å²) in [7, 11) is 0. The molecule has 1 aliphatic carbocycles. The van der Waals surface area contributed by atoms with Crippen LogP contribution < -0.4 is 11.1 Å². The third-order valence-electron chi connectivity index (χ3n) is 7.82. The Labute approximate surface area is 220 Å². The summed E-state index contributed by atoms with van der Waals surface area (Å²) < 4.78 is 12.7. The quantitative estimate of drug-likeness (QED) is 0.382. The van der Waals surface area contributed by atoms with Crippen LogP contribution in [0.1, 0.15) is 63.9 Å². The second-order valence-electron chi connectivity index (χ2n) is 10.4. The number of hydrogen-bond acceptors (Lipinski definition) is 10. The second kappa shape index (κ2) is 11.4. The lowest BCUT2D eigenvalue weighted by Crippen LogP contribution is -2.42. The van der Waals surface area contributed by atoms with Crippen LogP contribution in [0.25, 0.3) is 11.2 Å². The molecule has 4 atom stereocenters. The lowest BCUT2D eigenvalue weighted by molar-refractivity contribution is -0.137. The van der Waals surface area contributed by atoms with Crippen LogP contribution in [0.4, 0.5) is 10.6 Å². The van der Waals surface area contributed by atoms with Crippen molar-refractivity contribution in [1.82, 2.24) is 29.7 Å². The van der Waals surface area contributed by atoms with Gasteiger partial charge in [-0.25, -0.2) is 19.7 Å². The van der Waals surface area contributed by atoms with Gasteiger partial charge in [-0.2, -0.15) is 0 Å². The number of aliphatic hydroxyl groups is 2. The van der Waals surface area contributed by atoms with Gasteiger partial charge in [0, 0.05) is 26.1 Å². The van der Waals surface area contributed by atoms with Gasteiger partial charge in [-0.3, -0.25) is 9.36 Å². The number of carbonyl (C=O) groups is 2. The highest BCUT2D eigenvalue weighted by Gasteiger charge is 2.47. The van der Waals surface area contributed by atoms with Gasteiger partial charge in [0.1, 0.15) is 29.7 Å². The maximum Gasteiger partial charge on any atom is 0.410 e. The number of rotatable bonds is 8. The molecule has 3 fully saturated rings. The number of aliphatic hydroxyl groups excluding tert-OH is 2. The van der Waals surface area contributed by atoms with Gasteiger partial charge in [-0.05, 0) is 57.8 Å². The van der Waals surface area contributed by atoms with Gasteiger partial charge in [0.25, 0.3) is 5.91 Å². The van der Waals surface area contributed by atoms with E-state index in [0.717, 1.165) is 58.0 Å². The Balaban J connectivity index is 1.17. The third kappa shape index (κ3) is 5.40. The Morgan fingerprint density at radius 2 is 1.95 bits per heavy atom. The molecule has 3 aliphatic rings. The van der Waals surface area contributed by atoms with Gasteiger partial charge in [-0.1, -0.05) is 0 Å². The standard InChI is InChI=1S/C25H37N7O6/c1-2-27-23(35)20-18(33)19(34)24(38-20)32-13-28-17-21(26)29-16(30-22(17)32)8-3-5-14-9-11-31(12-10-14)25(36)37-15-6-4-7-15/h13-15,18-20,24,33-34H,2-12H2,1H3,(H,27,35)(H2,26,29,30)/t18?,19-,20-,24+/m0/s1. The Bertz CT molecular complexity index is 1150. The van der Waals surface area contributed by atoms with Gasteiger partial charge in [0.05, 0.1) is 6.33 Å². The number of nitrogen functional groups attached to an aromatic ring is 1. The van der Waals surface area contributed by atoms with E-state index in [1.165, 1.54) is 10.9 Å². The molecule has 13 heteroatoms. The fraction of sp³-hybridized carbons (Fsp3) is 0.720. The highest BCUT2D eigenvalue weighted by molar-refractivity contribution is 5.83. The molecule has 208 valence electrons. The Morgan fingerprint density at radius 3 is 2.63 bits per heavy atom. The van der Waals surface area contributed by atoms with E-state index in [0.29, 0.717) is 35.9 Å². The number of nitrogens with zero attached hydrogens (tertiary/aromatic N) is 5. The molecule has 2 amide bonds. The van der Waals surface area contributed by atoms with Crippen molar-refractivity contribution in [3.05, 3.63) is 12.2 Å². The number of aryl methyl sites for hydroxylation is 1. The van der Waals surface area contributed by atoms with Crippen molar-refractivity contribution in [2.24, 2.45) is 5.92 Å². The maximum atomic E-state index is 12.3. The average molecular weight is 532 g/mol. The highest BCUT2D eigenvalue weighted by Crippen LogP contribution is 2.32. The fourth-order valence-electron chi connectivity index (χ4n) is 5.32. The average Bonchev–Trinajstić information content (AvgIpc) is 3.43. The van der Waals surface area contributed by atoms with Crippen molar-refractivity contribution in [2.75, 3.05) is 25.4 Å². The molecule has 1 saturated carbocycles. The molecule has 2 aromatic rings. The number of carbonyl (C=O) groups excluding carboxylic acids is 2. The number of anilines is 1. The van der Waals surface area contributed by atoms with E-state index >= 15 is 0 Å². The number of aromatic nitrogens is 4. The number of hydrogen-bond donors (Lipinski definition) is 4. The summed E-state index contributed by atoms with van der Waals surface area (Å²) in [6, 6.07) is 0. The predicted octanol–water partition coefficient (Wildman–Crippen LogP) is 0.888. The predicted molar refractivity (Wildman–Crippen MR) is 136 cm³/mol. The van der Waals surface area contributed by atoms with Crippen LogP contribution in [0.15, 0.2) is 6.33 Å².